The molecule has 0 saturated carbocycles. The molecule has 1 saturated heterocycles. The molecular formula is C19H20N2O3. The average molecular weight is 324 g/mol. The number of carbonyl (C=O) groups is 2. The van der Waals surface area contributed by atoms with E-state index in [1.54, 1.807) is 6.07 Å². The first-order chi connectivity index (χ1) is 11.6. The van der Waals surface area contributed by atoms with Gasteiger partial charge in [-0.3, -0.25) is 4.79 Å². The van der Waals surface area contributed by atoms with Crippen LogP contribution in [0.2, 0.25) is 0 Å². The molecule has 2 heterocycles. The van der Waals surface area contributed by atoms with Crippen molar-refractivity contribution in [1.82, 2.24) is 9.88 Å². The van der Waals surface area contributed by atoms with Crippen molar-refractivity contribution < 1.29 is 14.7 Å². The number of carboxylic acids is 1. The maximum Gasteiger partial charge on any atom is 0.354 e. The number of benzene rings is 1. The summed E-state index contributed by atoms with van der Waals surface area (Å²) in [6, 6.07) is 13.3. The fourth-order valence-electron chi connectivity index (χ4n) is 3.18. The molecule has 124 valence electrons. The normalized spacial score (nSPS) is 17.5. The third kappa shape index (κ3) is 3.62. The molecule has 1 atom stereocenters. The lowest BCUT2D eigenvalue weighted by atomic mass is 9.95. The molecule has 0 aliphatic carbocycles. The first kappa shape index (κ1) is 16.2. The Morgan fingerprint density at radius 3 is 2.58 bits per heavy atom. The van der Waals surface area contributed by atoms with Crippen LogP contribution in [-0.2, 0) is 6.42 Å². The van der Waals surface area contributed by atoms with Crippen molar-refractivity contribution in [2.45, 2.75) is 31.7 Å². The minimum atomic E-state index is -1.09. The Kier molecular flexibility index (Phi) is 4.89. The van der Waals surface area contributed by atoms with Crippen LogP contribution in [0.5, 0.6) is 0 Å². The van der Waals surface area contributed by atoms with Crippen LogP contribution in [0.25, 0.3) is 0 Å². The van der Waals surface area contributed by atoms with Crippen LogP contribution in [0, 0.1) is 0 Å². The van der Waals surface area contributed by atoms with Crippen LogP contribution in [0.15, 0.2) is 48.7 Å². The summed E-state index contributed by atoms with van der Waals surface area (Å²) in [4.78, 5) is 29.5. The number of piperidine rings is 1. The topological polar surface area (TPSA) is 70.5 Å². The lowest BCUT2D eigenvalue weighted by Gasteiger charge is -2.36. The summed E-state index contributed by atoms with van der Waals surface area (Å²) < 4.78 is 0. The number of nitrogens with zero attached hydrogens (tertiary/aromatic N) is 2. The second-order valence-electron chi connectivity index (χ2n) is 6.08. The van der Waals surface area contributed by atoms with Crippen molar-refractivity contribution in [2.24, 2.45) is 0 Å². The molecule has 1 unspecified atom stereocenters. The van der Waals surface area contributed by atoms with E-state index in [0.717, 1.165) is 32.2 Å². The van der Waals surface area contributed by atoms with E-state index in [0.29, 0.717) is 5.56 Å². The van der Waals surface area contributed by atoms with Gasteiger partial charge in [-0.05, 0) is 43.4 Å². The van der Waals surface area contributed by atoms with Gasteiger partial charge in [-0.25, -0.2) is 9.78 Å². The van der Waals surface area contributed by atoms with E-state index in [2.05, 4.69) is 17.1 Å². The molecule has 1 N–H and O–H groups in total. The maximum absolute atomic E-state index is 12.8. The summed E-state index contributed by atoms with van der Waals surface area (Å²) in [7, 11) is 0. The number of aromatic carboxylic acids is 1. The van der Waals surface area contributed by atoms with E-state index >= 15 is 0 Å². The van der Waals surface area contributed by atoms with Gasteiger partial charge in [-0.1, -0.05) is 30.3 Å². The molecule has 1 aromatic heterocycles. The Hall–Kier alpha value is -2.69. The van der Waals surface area contributed by atoms with Gasteiger partial charge in [-0.15, -0.1) is 0 Å². The number of rotatable bonds is 4. The largest absolute Gasteiger partial charge is 0.477 e. The van der Waals surface area contributed by atoms with Crippen molar-refractivity contribution in [3.05, 3.63) is 65.5 Å². The second kappa shape index (κ2) is 7.25. The van der Waals surface area contributed by atoms with Crippen molar-refractivity contribution in [2.75, 3.05) is 6.54 Å². The Morgan fingerprint density at radius 1 is 1.12 bits per heavy atom. The molecule has 0 bridgehead atoms. The van der Waals surface area contributed by atoms with Gasteiger partial charge in [0.15, 0.2) is 0 Å². The van der Waals surface area contributed by atoms with Gasteiger partial charge in [-0.2, -0.15) is 0 Å². The van der Waals surface area contributed by atoms with Crippen molar-refractivity contribution in [1.29, 1.82) is 0 Å². The molecular weight excluding hydrogens is 304 g/mol. The van der Waals surface area contributed by atoms with E-state index in [1.165, 1.54) is 17.8 Å². The molecule has 1 aromatic carbocycles. The smallest absolute Gasteiger partial charge is 0.354 e. The van der Waals surface area contributed by atoms with Crippen LogP contribution < -0.4 is 0 Å². The van der Waals surface area contributed by atoms with E-state index in [-0.39, 0.29) is 17.6 Å². The fraction of sp³-hybridized carbons (Fsp3) is 0.316. The van der Waals surface area contributed by atoms with Gasteiger partial charge in [0.25, 0.3) is 5.91 Å². The van der Waals surface area contributed by atoms with E-state index in [1.807, 2.05) is 23.1 Å². The second-order valence-corrected chi connectivity index (χ2v) is 6.08. The van der Waals surface area contributed by atoms with E-state index in [9.17, 15) is 9.59 Å². The number of pyridine rings is 1. The quantitative estimate of drug-likeness (QED) is 0.938. The number of amides is 1. The third-order valence-electron chi connectivity index (χ3n) is 4.43. The fourth-order valence-corrected chi connectivity index (χ4v) is 3.18. The summed E-state index contributed by atoms with van der Waals surface area (Å²) in [5.74, 6) is -1.16. The number of hydrogen-bond donors (Lipinski definition) is 1. The number of carbonyl (C=O) groups excluding carboxylic acids is 1. The third-order valence-corrected chi connectivity index (χ3v) is 4.43. The minimum absolute atomic E-state index is 0.0500. The zero-order valence-electron chi connectivity index (χ0n) is 13.4. The molecule has 3 rings (SSSR count). The van der Waals surface area contributed by atoms with Gasteiger partial charge in [0, 0.05) is 18.8 Å². The molecule has 5 heteroatoms. The van der Waals surface area contributed by atoms with Gasteiger partial charge in [0.05, 0.1) is 5.56 Å². The Bertz CT molecular complexity index is 713. The highest BCUT2D eigenvalue weighted by molar-refractivity contribution is 5.95. The molecule has 24 heavy (non-hydrogen) atoms. The predicted molar refractivity (Wildman–Crippen MR) is 90.0 cm³/mol. The van der Waals surface area contributed by atoms with Crippen LogP contribution >= 0.6 is 0 Å². The van der Waals surface area contributed by atoms with Gasteiger partial charge < -0.3 is 10.0 Å². The van der Waals surface area contributed by atoms with E-state index in [4.69, 9.17) is 5.11 Å². The summed E-state index contributed by atoms with van der Waals surface area (Å²) in [6.07, 6.45) is 5.31. The lowest BCUT2D eigenvalue weighted by Crippen LogP contribution is -2.44. The minimum Gasteiger partial charge on any atom is -0.477 e. The number of hydrogen-bond acceptors (Lipinski definition) is 3. The number of likely N-dealkylation sites (tertiary alicyclic amines) is 1. The van der Waals surface area contributed by atoms with Crippen molar-refractivity contribution >= 4 is 11.9 Å². The summed E-state index contributed by atoms with van der Waals surface area (Å²) in [5.41, 5.74) is 1.62. The first-order valence-electron chi connectivity index (χ1n) is 8.19. The van der Waals surface area contributed by atoms with E-state index < -0.39 is 5.97 Å². The van der Waals surface area contributed by atoms with Crippen molar-refractivity contribution in [3.63, 3.8) is 0 Å². The lowest BCUT2D eigenvalue weighted by molar-refractivity contribution is 0.0610. The Labute approximate surface area is 140 Å². The van der Waals surface area contributed by atoms with Crippen LogP contribution in [0.4, 0.5) is 0 Å². The molecule has 2 aromatic rings. The standard InChI is InChI=1S/C19H20N2O3/c22-18(15-9-10-17(19(23)24)20-13-15)21-11-5-4-8-16(21)12-14-6-2-1-3-7-14/h1-3,6-7,9-10,13,16H,4-5,8,11-12H2,(H,23,24). The highest BCUT2D eigenvalue weighted by Gasteiger charge is 2.27. The van der Waals surface area contributed by atoms with Gasteiger partial charge >= 0.3 is 5.97 Å². The van der Waals surface area contributed by atoms with Gasteiger partial charge in [0.1, 0.15) is 5.69 Å². The number of carboxylic acid groups (broad SMARTS) is 1. The molecule has 5 nitrogen and oxygen atoms in total. The summed E-state index contributed by atoms with van der Waals surface area (Å²) in [6.45, 7) is 0.733. The monoisotopic (exact) mass is 324 g/mol. The van der Waals surface area contributed by atoms with Crippen molar-refractivity contribution in [3.8, 4) is 0 Å². The first-order valence-corrected chi connectivity index (χ1v) is 8.19. The average Bonchev–Trinajstić information content (AvgIpc) is 2.62. The molecule has 1 aliphatic rings. The van der Waals surface area contributed by atoms with Crippen LogP contribution in [0.1, 0.15) is 45.7 Å². The van der Waals surface area contributed by atoms with Gasteiger partial charge in [0.2, 0.25) is 0 Å². The molecule has 0 radical (unpaired) electrons. The zero-order chi connectivity index (χ0) is 16.9. The van der Waals surface area contributed by atoms with Crippen LogP contribution in [0.3, 0.4) is 0 Å². The SMILES string of the molecule is O=C(O)c1ccc(C(=O)N2CCCCC2Cc2ccccc2)cn1. The zero-order valence-corrected chi connectivity index (χ0v) is 13.4. The van der Waals surface area contributed by atoms with Crippen LogP contribution in [-0.4, -0.2) is 39.5 Å². The molecule has 1 amide bonds. The molecule has 1 aliphatic heterocycles. The summed E-state index contributed by atoms with van der Waals surface area (Å²) in [5, 5.41) is 8.91. The highest BCUT2D eigenvalue weighted by atomic mass is 16.4. The predicted octanol–water partition coefficient (Wildman–Crippen LogP) is 3.02. The number of aromatic nitrogens is 1. The summed E-state index contributed by atoms with van der Waals surface area (Å²) >= 11 is 0. The highest BCUT2D eigenvalue weighted by Crippen LogP contribution is 2.22. The molecule has 1 fully saturated rings. The molecule has 0 spiro atoms. The Morgan fingerprint density at radius 2 is 1.92 bits per heavy atom. The Balaban J connectivity index is 1.76. The maximum atomic E-state index is 12.8.